The Balaban J connectivity index is 1.81. The number of H-pyrrole nitrogens is 1. The molecule has 1 aromatic heterocycles. The maximum absolute atomic E-state index is 14.3. The number of hydrogen-bond donors (Lipinski definition) is 1. The molecule has 0 radical (unpaired) electrons. The minimum Gasteiger partial charge on any atom is -0.359 e. The highest BCUT2D eigenvalue weighted by Crippen LogP contribution is 2.30. The fourth-order valence-electron chi connectivity index (χ4n) is 3.05. The zero-order valence-electron chi connectivity index (χ0n) is 12.6. The van der Waals surface area contributed by atoms with E-state index in [1.54, 1.807) is 12.3 Å². The summed E-state index contributed by atoms with van der Waals surface area (Å²) in [7, 11) is 0. The van der Waals surface area contributed by atoms with Crippen molar-refractivity contribution >= 4 is 10.9 Å². The molecule has 0 aliphatic rings. The van der Waals surface area contributed by atoms with Crippen molar-refractivity contribution in [1.82, 2.24) is 4.98 Å². The summed E-state index contributed by atoms with van der Waals surface area (Å²) < 4.78 is 14.3. The van der Waals surface area contributed by atoms with Gasteiger partial charge >= 0.3 is 0 Å². The van der Waals surface area contributed by atoms with Gasteiger partial charge in [-0.15, -0.1) is 0 Å². The van der Waals surface area contributed by atoms with E-state index in [2.05, 4.69) is 29.2 Å². The summed E-state index contributed by atoms with van der Waals surface area (Å²) in [6.45, 7) is 0. The molecule has 0 saturated heterocycles. The Hall–Kier alpha value is -2.87. The molecule has 0 aliphatic heterocycles. The van der Waals surface area contributed by atoms with Crippen LogP contribution in [0.1, 0.15) is 11.1 Å². The fourth-order valence-corrected chi connectivity index (χ4v) is 3.05. The third kappa shape index (κ3) is 2.64. The van der Waals surface area contributed by atoms with Crippen LogP contribution in [0.3, 0.4) is 0 Å². The highest BCUT2D eigenvalue weighted by atomic mass is 19.1. The largest absolute Gasteiger partial charge is 0.359 e. The Kier molecular flexibility index (Phi) is 3.43. The van der Waals surface area contributed by atoms with Gasteiger partial charge in [-0.1, -0.05) is 54.6 Å². The first-order valence-electron chi connectivity index (χ1n) is 7.70. The van der Waals surface area contributed by atoms with Crippen molar-refractivity contribution in [3.63, 3.8) is 0 Å². The second kappa shape index (κ2) is 5.73. The average Bonchev–Trinajstić information content (AvgIpc) is 3.05. The highest BCUT2D eigenvalue weighted by Gasteiger charge is 2.10. The van der Waals surface area contributed by atoms with Crippen LogP contribution in [0.25, 0.3) is 22.0 Å². The standard InChI is InChI=1S/C21H16FN/c22-20-14-18(13-17-10-11-23-21(17)20)19-9-5-4-8-16(19)12-15-6-2-1-3-7-15/h1-11,13-14,23H,12H2. The first-order valence-corrected chi connectivity index (χ1v) is 7.70. The van der Waals surface area contributed by atoms with E-state index in [1.165, 1.54) is 11.1 Å². The first kappa shape index (κ1) is 13.8. The Labute approximate surface area is 134 Å². The Morgan fingerprint density at radius 1 is 0.826 bits per heavy atom. The maximum Gasteiger partial charge on any atom is 0.147 e. The molecule has 0 saturated carbocycles. The summed E-state index contributed by atoms with van der Waals surface area (Å²) in [5.74, 6) is -0.211. The number of nitrogens with one attached hydrogen (secondary N) is 1. The van der Waals surface area contributed by atoms with Crippen LogP contribution in [0.2, 0.25) is 0 Å². The molecule has 112 valence electrons. The van der Waals surface area contributed by atoms with E-state index < -0.39 is 0 Å². The zero-order valence-corrected chi connectivity index (χ0v) is 12.6. The lowest BCUT2D eigenvalue weighted by Gasteiger charge is -2.11. The van der Waals surface area contributed by atoms with Gasteiger partial charge in [-0.3, -0.25) is 0 Å². The van der Waals surface area contributed by atoms with Gasteiger partial charge in [-0.25, -0.2) is 4.39 Å². The van der Waals surface area contributed by atoms with Crippen LogP contribution in [-0.2, 0) is 6.42 Å². The summed E-state index contributed by atoms with van der Waals surface area (Å²) in [5.41, 5.74) is 5.02. The van der Waals surface area contributed by atoms with Gasteiger partial charge in [0.15, 0.2) is 0 Å². The Bertz CT molecular complexity index is 954. The maximum atomic E-state index is 14.3. The van der Waals surface area contributed by atoms with Gasteiger partial charge in [-0.05, 0) is 46.9 Å². The SMILES string of the molecule is Fc1cc(-c2ccccc2Cc2ccccc2)cc2cc[nH]c12. The van der Waals surface area contributed by atoms with Gasteiger partial charge in [0.05, 0.1) is 5.52 Å². The van der Waals surface area contributed by atoms with Gasteiger partial charge < -0.3 is 4.98 Å². The van der Waals surface area contributed by atoms with Crippen molar-refractivity contribution in [2.75, 3.05) is 0 Å². The van der Waals surface area contributed by atoms with E-state index in [9.17, 15) is 4.39 Å². The molecule has 2 heteroatoms. The van der Waals surface area contributed by atoms with E-state index >= 15 is 0 Å². The lowest BCUT2D eigenvalue weighted by Crippen LogP contribution is -1.93. The number of benzene rings is 3. The number of halogens is 1. The molecule has 0 aliphatic carbocycles. The second-order valence-electron chi connectivity index (χ2n) is 5.72. The van der Waals surface area contributed by atoms with Crippen LogP contribution >= 0.6 is 0 Å². The molecule has 0 atom stereocenters. The van der Waals surface area contributed by atoms with E-state index in [1.807, 2.05) is 42.5 Å². The molecule has 4 rings (SSSR count). The smallest absolute Gasteiger partial charge is 0.147 e. The van der Waals surface area contributed by atoms with Crippen molar-refractivity contribution in [3.8, 4) is 11.1 Å². The summed E-state index contributed by atoms with van der Waals surface area (Å²) in [5, 5.41) is 0.898. The normalized spacial score (nSPS) is 11.0. The average molecular weight is 301 g/mol. The summed E-state index contributed by atoms with van der Waals surface area (Å²) >= 11 is 0. The molecule has 0 amide bonds. The van der Waals surface area contributed by atoms with E-state index in [4.69, 9.17) is 0 Å². The number of hydrogen-bond acceptors (Lipinski definition) is 0. The van der Waals surface area contributed by atoms with Crippen LogP contribution in [0.4, 0.5) is 4.39 Å². The van der Waals surface area contributed by atoms with Crippen LogP contribution < -0.4 is 0 Å². The monoisotopic (exact) mass is 301 g/mol. The fraction of sp³-hybridized carbons (Fsp3) is 0.0476. The number of aromatic nitrogens is 1. The highest BCUT2D eigenvalue weighted by molar-refractivity contribution is 5.86. The molecule has 0 fully saturated rings. The van der Waals surface area contributed by atoms with Crippen molar-refractivity contribution in [3.05, 3.63) is 95.9 Å². The minimum absolute atomic E-state index is 0.211. The van der Waals surface area contributed by atoms with Crippen LogP contribution in [-0.4, -0.2) is 4.98 Å². The molecular weight excluding hydrogens is 285 g/mol. The van der Waals surface area contributed by atoms with E-state index in [-0.39, 0.29) is 5.82 Å². The van der Waals surface area contributed by atoms with Crippen molar-refractivity contribution < 1.29 is 4.39 Å². The van der Waals surface area contributed by atoms with Crippen LogP contribution in [0, 0.1) is 5.82 Å². The minimum atomic E-state index is -0.211. The predicted molar refractivity (Wildman–Crippen MR) is 92.9 cm³/mol. The predicted octanol–water partition coefficient (Wildman–Crippen LogP) is 5.56. The van der Waals surface area contributed by atoms with Crippen molar-refractivity contribution in [2.45, 2.75) is 6.42 Å². The van der Waals surface area contributed by atoms with Gasteiger partial charge in [0.25, 0.3) is 0 Å². The molecule has 0 unspecified atom stereocenters. The summed E-state index contributed by atoms with van der Waals surface area (Å²) in [6.07, 6.45) is 2.61. The molecule has 1 heterocycles. The Morgan fingerprint density at radius 3 is 2.48 bits per heavy atom. The van der Waals surface area contributed by atoms with Gasteiger partial charge in [-0.2, -0.15) is 0 Å². The van der Waals surface area contributed by atoms with Gasteiger partial charge in [0, 0.05) is 11.6 Å². The molecule has 1 N–H and O–H groups in total. The summed E-state index contributed by atoms with van der Waals surface area (Å²) in [6, 6.07) is 24.1. The molecule has 0 spiro atoms. The van der Waals surface area contributed by atoms with Crippen molar-refractivity contribution in [2.24, 2.45) is 0 Å². The third-order valence-corrected chi connectivity index (χ3v) is 4.18. The Morgan fingerprint density at radius 2 is 1.61 bits per heavy atom. The topological polar surface area (TPSA) is 15.8 Å². The van der Waals surface area contributed by atoms with Gasteiger partial charge in [0.1, 0.15) is 5.82 Å². The number of fused-ring (bicyclic) bond motifs is 1. The third-order valence-electron chi connectivity index (χ3n) is 4.18. The van der Waals surface area contributed by atoms with Crippen molar-refractivity contribution in [1.29, 1.82) is 0 Å². The zero-order chi connectivity index (χ0) is 15.6. The second-order valence-corrected chi connectivity index (χ2v) is 5.72. The molecule has 4 aromatic rings. The lowest BCUT2D eigenvalue weighted by molar-refractivity contribution is 0.638. The number of rotatable bonds is 3. The molecular formula is C21H16FN. The number of aromatic amines is 1. The molecule has 1 nitrogen and oxygen atoms in total. The molecule has 3 aromatic carbocycles. The van der Waals surface area contributed by atoms with E-state index in [0.717, 1.165) is 22.9 Å². The van der Waals surface area contributed by atoms with Gasteiger partial charge in [0.2, 0.25) is 0 Å². The quantitative estimate of drug-likeness (QED) is 0.509. The molecule has 23 heavy (non-hydrogen) atoms. The van der Waals surface area contributed by atoms with Crippen LogP contribution in [0.5, 0.6) is 0 Å². The van der Waals surface area contributed by atoms with E-state index in [0.29, 0.717) is 5.52 Å². The summed E-state index contributed by atoms with van der Waals surface area (Å²) in [4.78, 5) is 2.95. The first-order chi connectivity index (χ1) is 11.3. The molecule has 0 bridgehead atoms. The van der Waals surface area contributed by atoms with Crippen LogP contribution in [0.15, 0.2) is 79.0 Å². The lowest BCUT2D eigenvalue weighted by atomic mass is 9.94.